The van der Waals surface area contributed by atoms with Crippen LogP contribution in [0.15, 0.2) is 17.5 Å². The number of allylic oxidation sites excluding steroid dienone is 2. The molecule has 1 aliphatic carbocycles. The highest BCUT2D eigenvalue weighted by atomic mass is 32.1. The molecule has 1 aromatic rings. The van der Waals surface area contributed by atoms with Crippen LogP contribution < -0.4 is 5.32 Å². The van der Waals surface area contributed by atoms with Crippen molar-refractivity contribution >= 4 is 22.4 Å². The number of anilines is 1. The zero-order valence-electron chi connectivity index (χ0n) is 12.4. The van der Waals surface area contributed by atoms with Gasteiger partial charge in [-0.25, -0.2) is 4.98 Å². The Hall–Kier alpha value is -1.20. The van der Waals surface area contributed by atoms with Crippen LogP contribution in [0.3, 0.4) is 0 Å². The van der Waals surface area contributed by atoms with E-state index in [1.165, 1.54) is 43.7 Å². The Balaban J connectivity index is 1.47. The first kappa shape index (κ1) is 14.7. The van der Waals surface area contributed by atoms with Gasteiger partial charge in [-0.1, -0.05) is 18.6 Å². The lowest BCUT2D eigenvalue weighted by Gasteiger charge is -2.25. The molecule has 2 aliphatic rings. The van der Waals surface area contributed by atoms with Crippen LogP contribution in [0.1, 0.15) is 44.2 Å². The summed E-state index contributed by atoms with van der Waals surface area (Å²) in [6.45, 7) is 3.26. The van der Waals surface area contributed by atoms with Gasteiger partial charge in [0.15, 0.2) is 5.13 Å². The predicted molar refractivity (Wildman–Crippen MR) is 86.4 cm³/mol. The summed E-state index contributed by atoms with van der Waals surface area (Å²) in [6, 6.07) is 0. The number of thiazole rings is 1. The van der Waals surface area contributed by atoms with Crippen molar-refractivity contribution in [1.82, 2.24) is 9.88 Å². The average Bonchev–Trinajstić information content (AvgIpc) is 3.12. The summed E-state index contributed by atoms with van der Waals surface area (Å²) in [6.07, 6.45) is 11.1. The molecule has 0 bridgehead atoms. The first-order chi connectivity index (χ1) is 10.3. The smallest absolute Gasteiger partial charge is 0.226 e. The van der Waals surface area contributed by atoms with E-state index in [1.54, 1.807) is 0 Å². The highest BCUT2D eigenvalue weighted by Crippen LogP contribution is 2.22. The molecule has 1 amide bonds. The van der Waals surface area contributed by atoms with E-state index in [2.05, 4.69) is 32.7 Å². The number of carbonyl (C=O) groups excluding carboxylic acids is 1. The zero-order valence-corrected chi connectivity index (χ0v) is 13.2. The molecule has 0 spiro atoms. The fraction of sp³-hybridized carbons (Fsp3) is 0.625. The molecule has 0 radical (unpaired) electrons. The second kappa shape index (κ2) is 7.18. The van der Waals surface area contributed by atoms with Crippen LogP contribution in [-0.4, -0.2) is 28.9 Å². The van der Waals surface area contributed by atoms with E-state index in [-0.39, 0.29) is 5.91 Å². The van der Waals surface area contributed by atoms with Crippen LogP contribution >= 0.6 is 11.3 Å². The van der Waals surface area contributed by atoms with Crippen molar-refractivity contribution in [3.63, 3.8) is 0 Å². The van der Waals surface area contributed by atoms with Gasteiger partial charge in [-0.15, -0.1) is 11.3 Å². The number of nitrogens with one attached hydrogen (secondary N) is 1. The number of hydrogen-bond acceptors (Lipinski definition) is 4. The Morgan fingerprint density at radius 2 is 2.24 bits per heavy atom. The summed E-state index contributed by atoms with van der Waals surface area (Å²) in [7, 11) is 0. The first-order valence-corrected chi connectivity index (χ1v) is 8.81. The van der Waals surface area contributed by atoms with Crippen LogP contribution in [0, 0.1) is 5.92 Å². The van der Waals surface area contributed by atoms with Crippen LogP contribution in [0.25, 0.3) is 0 Å². The van der Waals surface area contributed by atoms with E-state index in [0.29, 0.717) is 12.3 Å². The molecular weight excluding hydrogens is 282 g/mol. The van der Waals surface area contributed by atoms with E-state index in [4.69, 9.17) is 0 Å². The fourth-order valence-corrected chi connectivity index (χ4v) is 3.77. The Morgan fingerprint density at radius 1 is 1.38 bits per heavy atom. The second-order valence-electron chi connectivity index (χ2n) is 6.00. The number of carbonyl (C=O) groups is 1. The molecule has 21 heavy (non-hydrogen) atoms. The standard InChI is InChI=1S/C16H23N3OS/c20-15(10-13-6-2-3-7-13)18-16-17-14(12-21-16)11-19-8-4-1-5-9-19/h2,6,12-13H,1,3-5,7-11H2,(H,17,18,20). The maximum Gasteiger partial charge on any atom is 0.226 e. The molecule has 1 aliphatic heterocycles. The van der Waals surface area contributed by atoms with Gasteiger partial charge in [0.05, 0.1) is 5.69 Å². The Bertz CT molecular complexity index is 505. The average molecular weight is 305 g/mol. The summed E-state index contributed by atoms with van der Waals surface area (Å²) in [5.74, 6) is 0.503. The topological polar surface area (TPSA) is 45.2 Å². The van der Waals surface area contributed by atoms with Crippen molar-refractivity contribution < 1.29 is 4.79 Å². The van der Waals surface area contributed by atoms with Crippen molar-refractivity contribution in [3.05, 3.63) is 23.2 Å². The third-order valence-corrected chi connectivity index (χ3v) is 5.00. The third-order valence-electron chi connectivity index (χ3n) is 4.19. The summed E-state index contributed by atoms with van der Waals surface area (Å²) < 4.78 is 0. The second-order valence-corrected chi connectivity index (χ2v) is 6.86. The Labute approximate surface area is 130 Å². The predicted octanol–water partition coefficient (Wildman–Crippen LogP) is 3.42. The lowest BCUT2D eigenvalue weighted by atomic mass is 10.1. The summed E-state index contributed by atoms with van der Waals surface area (Å²) in [5, 5.41) is 5.76. The maximum absolute atomic E-state index is 12.0. The van der Waals surface area contributed by atoms with Crippen molar-refractivity contribution in [2.24, 2.45) is 5.92 Å². The van der Waals surface area contributed by atoms with E-state index in [9.17, 15) is 4.79 Å². The maximum atomic E-state index is 12.0. The van der Waals surface area contributed by atoms with Gasteiger partial charge in [0.2, 0.25) is 5.91 Å². The minimum atomic E-state index is 0.0884. The highest BCUT2D eigenvalue weighted by Gasteiger charge is 2.16. The fourth-order valence-electron chi connectivity index (χ4n) is 3.06. The van der Waals surface area contributed by atoms with E-state index in [1.807, 2.05) is 0 Å². The molecule has 2 heterocycles. The molecule has 1 saturated heterocycles. The number of amides is 1. The zero-order chi connectivity index (χ0) is 14.5. The molecule has 0 aromatic carbocycles. The minimum absolute atomic E-state index is 0.0884. The van der Waals surface area contributed by atoms with Crippen molar-refractivity contribution in [3.8, 4) is 0 Å². The molecule has 1 N–H and O–H groups in total. The molecule has 4 nitrogen and oxygen atoms in total. The van der Waals surface area contributed by atoms with Gasteiger partial charge >= 0.3 is 0 Å². The van der Waals surface area contributed by atoms with Gasteiger partial charge in [-0.2, -0.15) is 0 Å². The number of piperidine rings is 1. The number of rotatable bonds is 5. The molecule has 3 rings (SSSR count). The van der Waals surface area contributed by atoms with Crippen molar-refractivity contribution in [2.75, 3.05) is 18.4 Å². The number of aromatic nitrogens is 1. The lowest BCUT2D eigenvalue weighted by Crippen LogP contribution is -2.29. The van der Waals surface area contributed by atoms with E-state index < -0.39 is 0 Å². The van der Waals surface area contributed by atoms with Gasteiger partial charge in [0.1, 0.15) is 0 Å². The van der Waals surface area contributed by atoms with E-state index in [0.717, 1.165) is 30.2 Å². The number of likely N-dealkylation sites (tertiary alicyclic amines) is 1. The minimum Gasteiger partial charge on any atom is -0.302 e. The van der Waals surface area contributed by atoms with Crippen molar-refractivity contribution in [1.29, 1.82) is 0 Å². The lowest BCUT2D eigenvalue weighted by molar-refractivity contribution is -0.116. The summed E-state index contributed by atoms with van der Waals surface area (Å²) >= 11 is 1.54. The van der Waals surface area contributed by atoms with Gasteiger partial charge in [0.25, 0.3) is 0 Å². The van der Waals surface area contributed by atoms with Crippen LogP contribution in [0.4, 0.5) is 5.13 Å². The van der Waals surface area contributed by atoms with Crippen LogP contribution in [-0.2, 0) is 11.3 Å². The summed E-state index contributed by atoms with van der Waals surface area (Å²) in [4.78, 5) is 19.0. The normalized spacial score (nSPS) is 22.6. The van der Waals surface area contributed by atoms with E-state index >= 15 is 0 Å². The molecule has 1 unspecified atom stereocenters. The van der Waals surface area contributed by atoms with Gasteiger partial charge < -0.3 is 5.32 Å². The Kier molecular flexibility index (Phi) is 5.04. The SMILES string of the molecule is O=C(CC1C=CCC1)Nc1nc(CN2CCCCC2)cs1. The van der Waals surface area contributed by atoms with Crippen molar-refractivity contribution in [2.45, 2.75) is 45.1 Å². The highest BCUT2D eigenvalue weighted by molar-refractivity contribution is 7.13. The summed E-state index contributed by atoms with van der Waals surface area (Å²) in [5.41, 5.74) is 1.08. The van der Waals surface area contributed by atoms with Crippen LogP contribution in [0.2, 0.25) is 0 Å². The Morgan fingerprint density at radius 3 is 3.00 bits per heavy atom. The number of nitrogens with zero attached hydrogens (tertiary/aromatic N) is 2. The number of hydrogen-bond donors (Lipinski definition) is 1. The van der Waals surface area contributed by atoms with Crippen LogP contribution in [0.5, 0.6) is 0 Å². The van der Waals surface area contributed by atoms with Gasteiger partial charge in [0, 0.05) is 18.3 Å². The molecule has 0 saturated carbocycles. The molecule has 1 fully saturated rings. The molecule has 1 aromatic heterocycles. The quantitative estimate of drug-likeness (QED) is 0.848. The molecular formula is C16H23N3OS. The third kappa shape index (κ3) is 4.38. The monoisotopic (exact) mass is 305 g/mol. The molecule has 5 heteroatoms. The van der Waals surface area contributed by atoms with Gasteiger partial charge in [-0.3, -0.25) is 9.69 Å². The molecule has 1 atom stereocenters. The first-order valence-electron chi connectivity index (χ1n) is 7.93. The molecule has 114 valence electrons. The largest absolute Gasteiger partial charge is 0.302 e. The van der Waals surface area contributed by atoms with Gasteiger partial charge in [-0.05, 0) is 44.7 Å².